The summed E-state index contributed by atoms with van der Waals surface area (Å²) in [7, 11) is -0.930. The van der Waals surface area contributed by atoms with E-state index in [4.69, 9.17) is 17.3 Å². The predicted molar refractivity (Wildman–Crippen MR) is 86.5 cm³/mol. The Morgan fingerprint density at radius 1 is 1.40 bits per heavy atom. The first-order valence-electron chi connectivity index (χ1n) is 6.43. The maximum atomic E-state index is 11.8. The van der Waals surface area contributed by atoms with E-state index >= 15 is 0 Å². The summed E-state index contributed by atoms with van der Waals surface area (Å²) in [6, 6.07) is 4.94. The Bertz CT molecular complexity index is 512. The van der Waals surface area contributed by atoms with Gasteiger partial charge in [0.05, 0.1) is 10.7 Å². The molecular weight excluding hydrogens is 296 g/mol. The molecule has 1 aromatic rings. The summed E-state index contributed by atoms with van der Waals surface area (Å²) < 4.78 is 11.6. The maximum Gasteiger partial charge on any atom is 0.224 e. The molecule has 1 rings (SSSR count). The molecule has 0 aromatic heterocycles. The molecule has 0 bridgehead atoms. The van der Waals surface area contributed by atoms with Crippen LogP contribution < -0.4 is 11.1 Å². The minimum Gasteiger partial charge on any atom is -0.399 e. The van der Waals surface area contributed by atoms with Gasteiger partial charge in [0.2, 0.25) is 5.91 Å². The molecule has 0 radical (unpaired) electrons. The van der Waals surface area contributed by atoms with E-state index in [2.05, 4.69) is 5.32 Å². The molecule has 1 amide bonds. The number of rotatable bonds is 5. The molecule has 0 saturated carbocycles. The number of halogens is 1. The Hall–Kier alpha value is -1.07. The lowest BCUT2D eigenvalue weighted by Gasteiger charge is -2.17. The fourth-order valence-electron chi connectivity index (χ4n) is 1.52. The molecule has 1 atom stereocenters. The van der Waals surface area contributed by atoms with Crippen LogP contribution in [0, 0.1) is 0 Å². The third-order valence-electron chi connectivity index (χ3n) is 2.68. The van der Waals surface area contributed by atoms with Crippen molar-refractivity contribution in [1.29, 1.82) is 0 Å². The number of hydrogen-bond acceptors (Lipinski definition) is 3. The van der Waals surface area contributed by atoms with Gasteiger partial charge in [-0.15, -0.1) is 0 Å². The number of hydrogen-bond donors (Lipinski definition) is 2. The van der Waals surface area contributed by atoms with Crippen molar-refractivity contribution >= 4 is 39.7 Å². The van der Waals surface area contributed by atoms with E-state index in [1.807, 2.05) is 20.8 Å². The van der Waals surface area contributed by atoms with Crippen molar-refractivity contribution in [3.05, 3.63) is 23.2 Å². The second-order valence-corrected chi connectivity index (χ2v) is 8.28. The number of nitrogens with two attached hydrogens (primary N) is 1. The van der Waals surface area contributed by atoms with Crippen LogP contribution in [0.1, 0.15) is 33.6 Å². The molecule has 0 heterocycles. The zero-order chi connectivity index (χ0) is 15.3. The summed E-state index contributed by atoms with van der Waals surface area (Å²) in [6.45, 7) is 5.78. The van der Waals surface area contributed by atoms with Gasteiger partial charge in [-0.05, 0) is 45.4 Å². The first-order valence-corrected chi connectivity index (χ1v) is 8.13. The van der Waals surface area contributed by atoms with Gasteiger partial charge < -0.3 is 11.1 Å². The van der Waals surface area contributed by atoms with Gasteiger partial charge >= 0.3 is 0 Å². The number of nitrogen functional groups attached to an aromatic ring is 1. The second kappa shape index (κ2) is 7.09. The van der Waals surface area contributed by atoms with E-state index in [-0.39, 0.29) is 10.7 Å². The standard InChI is InChI=1S/C14H21ClN2O2S/c1-14(2,3)20(19)8-4-5-13(18)17-12-7-6-10(16)9-11(12)15/h6-7,9H,4-5,8,16H2,1-3H3,(H,17,18). The molecule has 1 unspecified atom stereocenters. The molecule has 112 valence electrons. The van der Waals surface area contributed by atoms with E-state index in [1.54, 1.807) is 18.2 Å². The van der Waals surface area contributed by atoms with Gasteiger partial charge in [-0.25, -0.2) is 0 Å². The molecular formula is C14H21ClN2O2S. The van der Waals surface area contributed by atoms with Crippen molar-refractivity contribution in [1.82, 2.24) is 0 Å². The molecule has 0 saturated heterocycles. The summed E-state index contributed by atoms with van der Waals surface area (Å²) in [5, 5.41) is 3.14. The topological polar surface area (TPSA) is 72.2 Å². The molecule has 1 aromatic carbocycles. The highest BCUT2D eigenvalue weighted by molar-refractivity contribution is 7.86. The Kier molecular flexibility index (Phi) is 6.02. The maximum absolute atomic E-state index is 11.8. The lowest BCUT2D eigenvalue weighted by molar-refractivity contribution is -0.116. The molecule has 3 N–H and O–H groups in total. The van der Waals surface area contributed by atoms with Crippen molar-refractivity contribution in [3.63, 3.8) is 0 Å². The van der Waals surface area contributed by atoms with Crippen LogP contribution in [0.15, 0.2) is 18.2 Å². The minimum absolute atomic E-state index is 0.136. The summed E-state index contributed by atoms with van der Waals surface area (Å²) >= 11 is 5.97. The molecule has 4 nitrogen and oxygen atoms in total. The predicted octanol–water partition coefficient (Wildman–Crippen LogP) is 3.19. The molecule has 0 spiro atoms. The number of anilines is 2. The van der Waals surface area contributed by atoms with Gasteiger partial charge in [0.1, 0.15) is 0 Å². The summed E-state index contributed by atoms with van der Waals surface area (Å²) in [5.41, 5.74) is 6.68. The first kappa shape index (κ1) is 17.0. The van der Waals surface area contributed by atoms with Crippen molar-refractivity contribution in [3.8, 4) is 0 Å². The van der Waals surface area contributed by atoms with E-state index in [1.165, 1.54) is 0 Å². The highest BCUT2D eigenvalue weighted by Crippen LogP contribution is 2.24. The summed E-state index contributed by atoms with van der Waals surface area (Å²) in [4.78, 5) is 11.8. The van der Waals surface area contributed by atoms with E-state index < -0.39 is 10.8 Å². The van der Waals surface area contributed by atoms with Crippen LogP contribution in [-0.4, -0.2) is 20.6 Å². The van der Waals surface area contributed by atoms with Crippen LogP contribution in [0.25, 0.3) is 0 Å². The van der Waals surface area contributed by atoms with Gasteiger partial charge in [-0.1, -0.05) is 11.6 Å². The fraction of sp³-hybridized carbons (Fsp3) is 0.500. The molecule has 0 aliphatic rings. The average Bonchev–Trinajstić information content (AvgIpc) is 2.31. The van der Waals surface area contributed by atoms with Gasteiger partial charge in [-0.3, -0.25) is 9.00 Å². The highest BCUT2D eigenvalue weighted by Gasteiger charge is 2.19. The Morgan fingerprint density at radius 3 is 2.60 bits per heavy atom. The van der Waals surface area contributed by atoms with Crippen molar-refractivity contribution in [2.24, 2.45) is 0 Å². The molecule has 20 heavy (non-hydrogen) atoms. The number of carbonyl (C=O) groups is 1. The van der Waals surface area contributed by atoms with E-state index in [0.29, 0.717) is 35.0 Å². The molecule has 6 heteroatoms. The van der Waals surface area contributed by atoms with Gasteiger partial charge in [-0.2, -0.15) is 0 Å². The van der Waals surface area contributed by atoms with Crippen molar-refractivity contribution in [2.75, 3.05) is 16.8 Å². The quantitative estimate of drug-likeness (QED) is 0.819. The second-order valence-electron chi connectivity index (χ2n) is 5.55. The lowest BCUT2D eigenvalue weighted by Crippen LogP contribution is -2.24. The molecule has 0 aliphatic carbocycles. The minimum atomic E-state index is -0.930. The summed E-state index contributed by atoms with van der Waals surface area (Å²) in [6.07, 6.45) is 0.908. The zero-order valence-corrected chi connectivity index (χ0v) is 13.6. The van der Waals surface area contributed by atoms with Crippen molar-refractivity contribution < 1.29 is 9.00 Å². The van der Waals surface area contributed by atoms with Crippen LogP contribution in [-0.2, 0) is 15.6 Å². The highest BCUT2D eigenvalue weighted by atomic mass is 35.5. The van der Waals surface area contributed by atoms with Crippen LogP contribution in [0.5, 0.6) is 0 Å². The van der Waals surface area contributed by atoms with E-state index in [0.717, 1.165) is 0 Å². The fourth-order valence-corrected chi connectivity index (χ4v) is 2.77. The first-order chi connectivity index (χ1) is 9.20. The number of amides is 1. The lowest BCUT2D eigenvalue weighted by atomic mass is 10.2. The Morgan fingerprint density at radius 2 is 2.05 bits per heavy atom. The molecule has 0 fully saturated rings. The van der Waals surface area contributed by atoms with Gasteiger partial charge in [0, 0.05) is 33.4 Å². The number of carbonyl (C=O) groups excluding carboxylic acids is 1. The number of benzene rings is 1. The SMILES string of the molecule is CC(C)(C)S(=O)CCCC(=O)Nc1ccc(N)cc1Cl. The van der Waals surface area contributed by atoms with Gasteiger partial charge in [0.15, 0.2) is 0 Å². The van der Waals surface area contributed by atoms with Crippen LogP contribution in [0.2, 0.25) is 5.02 Å². The largest absolute Gasteiger partial charge is 0.399 e. The third kappa shape index (κ3) is 5.51. The molecule has 0 aliphatic heterocycles. The summed E-state index contributed by atoms with van der Waals surface area (Å²) in [5.74, 6) is 0.384. The monoisotopic (exact) mass is 316 g/mol. The zero-order valence-electron chi connectivity index (χ0n) is 12.0. The van der Waals surface area contributed by atoms with Crippen LogP contribution in [0.4, 0.5) is 11.4 Å². The Balaban J connectivity index is 2.43. The van der Waals surface area contributed by atoms with Crippen LogP contribution in [0.3, 0.4) is 0 Å². The van der Waals surface area contributed by atoms with Crippen LogP contribution >= 0.6 is 11.6 Å². The third-order valence-corrected chi connectivity index (χ3v) is 5.02. The van der Waals surface area contributed by atoms with Crippen molar-refractivity contribution in [2.45, 2.75) is 38.4 Å². The normalized spacial score (nSPS) is 13.0. The van der Waals surface area contributed by atoms with Gasteiger partial charge in [0.25, 0.3) is 0 Å². The Labute approximate surface area is 127 Å². The van der Waals surface area contributed by atoms with E-state index in [9.17, 15) is 9.00 Å². The smallest absolute Gasteiger partial charge is 0.224 e. The average molecular weight is 317 g/mol. The number of nitrogens with one attached hydrogen (secondary N) is 1.